The Morgan fingerprint density at radius 1 is 1.17 bits per heavy atom. The van der Waals surface area contributed by atoms with Crippen molar-refractivity contribution in [3.05, 3.63) is 64.7 Å². The topological polar surface area (TPSA) is 61.2 Å². The Morgan fingerprint density at radius 3 is 2.43 bits per heavy atom. The summed E-state index contributed by atoms with van der Waals surface area (Å²) in [6.07, 6.45) is 1.74. The Kier molecular flexibility index (Phi) is 4.40. The fourth-order valence-corrected chi connectivity index (χ4v) is 4.41. The van der Waals surface area contributed by atoms with Crippen molar-refractivity contribution in [3.63, 3.8) is 0 Å². The molecule has 4 nitrogen and oxygen atoms in total. The molecule has 0 aromatic heterocycles. The molecule has 2 aromatic rings. The summed E-state index contributed by atoms with van der Waals surface area (Å²) in [5, 5.41) is 9.08. The number of hydrogen-bond donors (Lipinski definition) is 0. The van der Waals surface area contributed by atoms with Crippen LogP contribution < -0.4 is 0 Å². The van der Waals surface area contributed by atoms with E-state index in [-0.39, 0.29) is 21.5 Å². The van der Waals surface area contributed by atoms with Gasteiger partial charge >= 0.3 is 0 Å². The lowest BCUT2D eigenvalue weighted by Crippen LogP contribution is -2.32. The Hall–Kier alpha value is -1.87. The molecule has 23 heavy (non-hydrogen) atoms. The van der Waals surface area contributed by atoms with Crippen LogP contribution in [0.3, 0.4) is 0 Å². The summed E-state index contributed by atoms with van der Waals surface area (Å²) in [6.45, 7) is 0.339. The number of nitriles is 1. The quantitative estimate of drug-likeness (QED) is 0.831. The number of halogens is 1. The van der Waals surface area contributed by atoms with Crippen LogP contribution in [0.2, 0.25) is 5.02 Å². The standard InChI is InChI=1S/C17H15ClN2O2S/c18-17-10-16(9-6-14(17)11-19)23(21,22)20(15-7-8-15)12-13-4-2-1-3-5-13/h1-6,9-10,15H,7-8,12H2. The molecule has 1 aliphatic rings. The van der Waals surface area contributed by atoms with Crippen LogP contribution >= 0.6 is 11.6 Å². The smallest absolute Gasteiger partial charge is 0.207 e. The molecule has 0 aliphatic heterocycles. The van der Waals surface area contributed by atoms with Gasteiger partial charge in [-0.2, -0.15) is 9.57 Å². The van der Waals surface area contributed by atoms with Gasteiger partial charge in [-0.25, -0.2) is 8.42 Å². The molecule has 0 atom stereocenters. The van der Waals surface area contributed by atoms with E-state index >= 15 is 0 Å². The molecule has 6 heteroatoms. The van der Waals surface area contributed by atoms with Crippen LogP contribution in [-0.4, -0.2) is 18.8 Å². The van der Waals surface area contributed by atoms with Crippen LogP contribution in [-0.2, 0) is 16.6 Å². The molecule has 1 aliphatic carbocycles. The van der Waals surface area contributed by atoms with Gasteiger partial charge in [-0.3, -0.25) is 0 Å². The molecule has 2 aromatic carbocycles. The Morgan fingerprint density at radius 2 is 1.87 bits per heavy atom. The summed E-state index contributed by atoms with van der Waals surface area (Å²) in [7, 11) is -3.64. The number of sulfonamides is 1. The molecule has 3 rings (SSSR count). The van der Waals surface area contributed by atoms with E-state index in [1.807, 2.05) is 36.4 Å². The van der Waals surface area contributed by atoms with Gasteiger partial charge in [0.15, 0.2) is 0 Å². The van der Waals surface area contributed by atoms with E-state index in [1.54, 1.807) is 0 Å². The lowest BCUT2D eigenvalue weighted by atomic mass is 10.2. The van der Waals surface area contributed by atoms with Crippen molar-refractivity contribution in [2.75, 3.05) is 0 Å². The third kappa shape index (κ3) is 3.40. The summed E-state index contributed by atoms with van der Waals surface area (Å²) < 4.78 is 27.4. The largest absolute Gasteiger partial charge is 0.243 e. The highest BCUT2D eigenvalue weighted by Gasteiger charge is 2.38. The molecular weight excluding hydrogens is 332 g/mol. The van der Waals surface area contributed by atoms with Gasteiger partial charge in [0.2, 0.25) is 10.0 Å². The van der Waals surface area contributed by atoms with E-state index in [0.29, 0.717) is 6.54 Å². The maximum Gasteiger partial charge on any atom is 0.243 e. The predicted octanol–water partition coefficient (Wildman–Crippen LogP) is 3.56. The summed E-state index contributed by atoms with van der Waals surface area (Å²) in [6, 6.07) is 15.7. The first-order chi connectivity index (χ1) is 11.0. The molecule has 118 valence electrons. The van der Waals surface area contributed by atoms with Gasteiger partial charge in [-0.1, -0.05) is 41.9 Å². The molecule has 1 fully saturated rings. The Labute approximate surface area is 141 Å². The zero-order valence-electron chi connectivity index (χ0n) is 12.3. The van der Waals surface area contributed by atoms with E-state index < -0.39 is 10.0 Å². The van der Waals surface area contributed by atoms with Gasteiger partial charge in [0, 0.05) is 12.6 Å². The minimum Gasteiger partial charge on any atom is -0.207 e. The minimum absolute atomic E-state index is 0.0367. The van der Waals surface area contributed by atoms with Crippen LogP contribution in [0.5, 0.6) is 0 Å². The van der Waals surface area contributed by atoms with Crippen molar-refractivity contribution in [2.24, 2.45) is 0 Å². The monoisotopic (exact) mass is 346 g/mol. The predicted molar refractivity (Wildman–Crippen MR) is 88.4 cm³/mol. The third-order valence-electron chi connectivity index (χ3n) is 3.80. The van der Waals surface area contributed by atoms with Gasteiger partial charge < -0.3 is 0 Å². The van der Waals surface area contributed by atoms with E-state index in [1.165, 1.54) is 22.5 Å². The van der Waals surface area contributed by atoms with Gasteiger partial charge in [-0.05, 0) is 36.6 Å². The van der Waals surface area contributed by atoms with Crippen LogP contribution in [0, 0.1) is 11.3 Å². The maximum atomic E-state index is 13.0. The fourth-order valence-electron chi connectivity index (χ4n) is 2.42. The molecule has 0 N–H and O–H groups in total. The summed E-state index contributed by atoms with van der Waals surface area (Å²) >= 11 is 5.99. The van der Waals surface area contributed by atoms with Crippen LogP contribution in [0.1, 0.15) is 24.0 Å². The zero-order chi connectivity index (χ0) is 16.4. The highest BCUT2D eigenvalue weighted by molar-refractivity contribution is 7.89. The maximum absolute atomic E-state index is 13.0. The number of nitrogens with zero attached hydrogens (tertiary/aromatic N) is 2. The lowest BCUT2D eigenvalue weighted by molar-refractivity contribution is 0.398. The first-order valence-corrected chi connectivity index (χ1v) is 9.09. The lowest BCUT2D eigenvalue weighted by Gasteiger charge is -2.22. The molecular formula is C17H15ClN2O2S. The van der Waals surface area contributed by atoms with E-state index in [2.05, 4.69) is 0 Å². The van der Waals surface area contributed by atoms with Crippen molar-refractivity contribution in [3.8, 4) is 6.07 Å². The average molecular weight is 347 g/mol. The van der Waals surface area contributed by atoms with E-state index in [4.69, 9.17) is 16.9 Å². The molecule has 0 heterocycles. The van der Waals surface area contributed by atoms with Crippen molar-refractivity contribution >= 4 is 21.6 Å². The SMILES string of the molecule is N#Cc1ccc(S(=O)(=O)N(Cc2ccccc2)C2CC2)cc1Cl. The summed E-state index contributed by atoms with van der Waals surface area (Å²) in [5.41, 5.74) is 1.22. The molecule has 0 unspecified atom stereocenters. The van der Waals surface area contributed by atoms with Crippen molar-refractivity contribution in [1.29, 1.82) is 5.26 Å². The Bertz CT molecular complexity index is 856. The van der Waals surface area contributed by atoms with Crippen molar-refractivity contribution < 1.29 is 8.42 Å². The fraction of sp³-hybridized carbons (Fsp3) is 0.235. The van der Waals surface area contributed by atoms with Crippen LogP contribution in [0.25, 0.3) is 0 Å². The molecule has 1 saturated carbocycles. The van der Waals surface area contributed by atoms with Crippen LogP contribution in [0.4, 0.5) is 0 Å². The first-order valence-electron chi connectivity index (χ1n) is 7.28. The summed E-state index contributed by atoms with van der Waals surface area (Å²) in [4.78, 5) is 0.129. The van der Waals surface area contributed by atoms with E-state index in [9.17, 15) is 8.42 Å². The highest BCUT2D eigenvalue weighted by atomic mass is 35.5. The van der Waals surface area contributed by atoms with Crippen molar-refractivity contribution in [2.45, 2.75) is 30.3 Å². The Balaban J connectivity index is 1.95. The van der Waals surface area contributed by atoms with Gasteiger partial charge in [-0.15, -0.1) is 0 Å². The number of rotatable bonds is 5. The second kappa shape index (κ2) is 6.32. The molecule has 0 amide bonds. The molecule has 0 radical (unpaired) electrons. The van der Waals surface area contributed by atoms with Crippen molar-refractivity contribution in [1.82, 2.24) is 4.31 Å². The average Bonchev–Trinajstić information content (AvgIpc) is 3.38. The number of benzene rings is 2. The molecule has 0 spiro atoms. The zero-order valence-corrected chi connectivity index (χ0v) is 13.9. The van der Waals surface area contributed by atoms with Gasteiger partial charge in [0.05, 0.1) is 15.5 Å². The summed E-state index contributed by atoms with van der Waals surface area (Å²) in [5.74, 6) is 0. The van der Waals surface area contributed by atoms with E-state index in [0.717, 1.165) is 18.4 Å². The minimum atomic E-state index is -3.64. The highest BCUT2D eigenvalue weighted by Crippen LogP contribution is 2.34. The molecule has 0 saturated heterocycles. The second-order valence-corrected chi connectivity index (χ2v) is 7.82. The number of hydrogen-bond acceptors (Lipinski definition) is 3. The van der Waals surface area contributed by atoms with Gasteiger partial charge in [0.25, 0.3) is 0 Å². The van der Waals surface area contributed by atoms with Gasteiger partial charge in [0.1, 0.15) is 6.07 Å². The second-order valence-electron chi connectivity index (χ2n) is 5.52. The third-order valence-corrected chi connectivity index (χ3v) is 6.01. The molecule has 0 bridgehead atoms. The first kappa shape index (κ1) is 16.0. The normalized spacial score (nSPS) is 14.7. The van der Waals surface area contributed by atoms with Crippen LogP contribution in [0.15, 0.2) is 53.4 Å².